The van der Waals surface area contributed by atoms with Crippen molar-refractivity contribution in [3.63, 3.8) is 0 Å². The van der Waals surface area contributed by atoms with Gasteiger partial charge in [0, 0.05) is 32.7 Å². The third-order valence-corrected chi connectivity index (χ3v) is 4.53. The van der Waals surface area contributed by atoms with Gasteiger partial charge in [-0.05, 0) is 12.5 Å². The number of rotatable bonds is 5. The Balaban J connectivity index is 2.38. The van der Waals surface area contributed by atoms with Gasteiger partial charge in [0.15, 0.2) is 0 Å². The van der Waals surface area contributed by atoms with Gasteiger partial charge in [0.25, 0.3) is 0 Å². The molecule has 1 atom stereocenters. The van der Waals surface area contributed by atoms with Gasteiger partial charge in [-0.3, -0.25) is 0 Å². The summed E-state index contributed by atoms with van der Waals surface area (Å²) in [5, 5.41) is 0. The van der Waals surface area contributed by atoms with Gasteiger partial charge in [-0.2, -0.15) is 4.31 Å². The van der Waals surface area contributed by atoms with Crippen molar-refractivity contribution in [1.82, 2.24) is 9.21 Å². The molecule has 96 valence electrons. The number of piperazine rings is 1. The minimum atomic E-state index is -3.01. The van der Waals surface area contributed by atoms with E-state index in [0.717, 1.165) is 26.1 Å². The van der Waals surface area contributed by atoms with E-state index in [0.29, 0.717) is 25.6 Å². The van der Waals surface area contributed by atoms with E-state index in [1.807, 2.05) is 0 Å². The summed E-state index contributed by atoms with van der Waals surface area (Å²) in [6, 6.07) is 0. The molecule has 16 heavy (non-hydrogen) atoms. The first-order chi connectivity index (χ1) is 7.47. The lowest BCUT2D eigenvalue weighted by Crippen LogP contribution is -2.49. The molecule has 0 aromatic heterocycles. The van der Waals surface area contributed by atoms with Gasteiger partial charge in [-0.25, -0.2) is 8.42 Å². The second kappa shape index (κ2) is 5.95. The van der Waals surface area contributed by atoms with Crippen molar-refractivity contribution in [1.29, 1.82) is 0 Å². The SMILES string of the molecule is CCC(CN)CN1CCN(S(C)(=O)=O)CC1. The molecule has 1 unspecified atom stereocenters. The van der Waals surface area contributed by atoms with Crippen LogP contribution in [0.15, 0.2) is 0 Å². The number of nitrogens with two attached hydrogens (primary N) is 1. The largest absolute Gasteiger partial charge is 0.330 e. The van der Waals surface area contributed by atoms with E-state index in [1.54, 1.807) is 4.31 Å². The smallest absolute Gasteiger partial charge is 0.211 e. The monoisotopic (exact) mass is 249 g/mol. The molecule has 0 bridgehead atoms. The van der Waals surface area contributed by atoms with Crippen LogP contribution < -0.4 is 5.73 Å². The first-order valence-electron chi connectivity index (χ1n) is 5.85. The standard InChI is InChI=1S/C10H23N3O2S/c1-3-10(8-11)9-12-4-6-13(7-5-12)16(2,14)15/h10H,3-9,11H2,1-2H3. The molecule has 0 aliphatic carbocycles. The maximum absolute atomic E-state index is 11.3. The first kappa shape index (κ1) is 13.9. The molecule has 0 spiro atoms. The molecular weight excluding hydrogens is 226 g/mol. The summed E-state index contributed by atoms with van der Waals surface area (Å²) in [5.74, 6) is 0.532. The molecule has 0 radical (unpaired) electrons. The highest BCUT2D eigenvalue weighted by atomic mass is 32.2. The maximum atomic E-state index is 11.3. The zero-order valence-corrected chi connectivity index (χ0v) is 11.0. The van der Waals surface area contributed by atoms with Crippen molar-refractivity contribution < 1.29 is 8.42 Å². The Hall–Kier alpha value is -0.170. The third kappa shape index (κ3) is 4.01. The van der Waals surface area contributed by atoms with Crippen LogP contribution in [0, 0.1) is 5.92 Å². The van der Waals surface area contributed by atoms with Gasteiger partial charge in [0.1, 0.15) is 0 Å². The van der Waals surface area contributed by atoms with Crippen molar-refractivity contribution in [2.45, 2.75) is 13.3 Å². The molecule has 1 rings (SSSR count). The zero-order chi connectivity index (χ0) is 12.2. The van der Waals surface area contributed by atoms with E-state index in [2.05, 4.69) is 11.8 Å². The number of hydrogen-bond donors (Lipinski definition) is 1. The minimum absolute atomic E-state index is 0.532. The Morgan fingerprint density at radius 3 is 2.19 bits per heavy atom. The summed E-state index contributed by atoms with van der Waals surface area (Å²) in [5.41, 5.74) is 5.66. The zero-order valence-electron chi connectivity index (χ0n) is 10.2. The molecule has 2 N–H and O–H groups in total. The van der Waals surface area contributed by atoms with Crippen molar-refractivity contribution in [2.75, 3.05) is 45.5 Å². The summed E-state index contributed by atoms with van der Waals surface area (Å²) < 4.78 is 24.2. The van der Waals surface area contributed by atoms with Crippen LogP contribution in [0.25, 0.3) is 0 Å². The highest BCUT2D eigenvalue weighted by Gasteiger charge is 2.24. The molecule has 1 fully saturated rings. The van der Waals surface area contributed by atoms with Crippen LogP contribution in [0.1, 0.15) is 13.3 Å². The fraction of sp³-hybridized carbons (Fsp3) is 1.00. The van der Waals surface area contributed by atoms with Crippen molar-refractivity contribution in [3.8, 4) is 0 Å². The molecule has 5 nitrogen and oxygen atoms in total. The van der Waals surface area contributed by atoms with Gasteiger partial charge in [0.2, 0.25) is 10.0 Å². The van der Waals surface area contributed by atoms with E-state index in [9.17, 15) is 8.42 Å². The second-order valence-electron chi connectivity index (χ2n) is 4.47. The lowest BCUT2D eigenvalue weighted by Gasteiger charge is -2.34. The molecule has 1 aliphatic rings. The van der Waals surface area contributed by atoms with Crippen LogP contribution in [0.3, 0.4) is 0 Å². The van der Waals surface area contributed by atoms with Gasteiger partial charge < -0.3 is 10.6 Å². The van der Waals surface area contributed by atoms with Gasteiger partial charge in [-0.15, -0.1) is 0 Å². The van der Waals surface area contributed by atoms with Gasteiger partial charge in [-0.1, -0.05) is 13.3 Å². The molecule has 0 aromatic carbocycles. The van der Waals surface area contributed by atoms with E-state index >= 15 is 0 Å². The maximum Gasteiger partial charge on any atom is 0.211 e. The van der Waals surface area contributed by atoms with E-state index in [-0.39, 0.29) is 0 Å². The normalized spacial score (nSPS) is 22.2. The Morgan fingerprint density at radius 2 is 1.81 bits per heavy atom. The molecule has 0 amide bonds. The molecule has 1 heterocycles. The van der Waals surface area contributed by atoms with Gasteiger partial charge >= 0.3 is 0 Å². The lowest BCUT2D eigenvalue weighted by molar-refractivity contribution is 0.165. The highest BCUT2D eigenvalue weighted by molar-refractivity contribution is 7.88. The number of nitrogens with zero attached hydrogens (tertiary/aromatic N) is 2. The van der Waals surface area contributed by atoms with Crippen LogP contribution in [0.5, 0.6) is 0 Å². The molecule has 0 saturated carbocycles. The number of sulfonamides is 1. The quantitative estimate of drug-likeness (QED) is 0.716. The third-order valence-electron chi connectivity index (χ3n) is 3.23. The average Bonchev–Trinajstić information content (AvgIpc) is 2.25. The molecule has 0 aromatic rings. The summed E-state index contributed by atoms with van der Waals surface area (Å²) in [6.45, 7) is 6.71. The van der Waals surface area contributed by atoms with Crippen LogP contribution in [-0.4, -0.2) is 63.1 Å². The van der Waals surface area contributed by atoms with E-state index < -0.39 is 10.0 Å². The fourth-order valence-corrected chi connectivity index (χ4v) is 2.81. The summed E-state index contributed by atoms with van der Waals surface area (Å²) in [4.78, 5) is 2.31. The van der Waals surface area contributed by atoms with E-state index in [1.165, 1.54) is 6.26 Å². The summed E-state index contributed by atoms with van der Waals surface area (Å²) in [6.07, 6.45) is 2.36. The van der Waals surface area contributed by atoms with Crippen molar-refractivity contribution in [2.24, 2.45) is 11.7 Å². The Labute approximate surface area is 98.6 Å². The van der Waals surface area contributed by atoms with Crippen LogP contribution in [0.2, 0.25) is 0 Å². The summed E-state index contributed by atoms with van der Waals surface area (Å²) >= 11 is 0. The predicted octanol–water partition coefficient (Wildman–Crippen LogP) is -0.451. The topological polar surface area (TPSA) is 66.6 Å². The van der Waals surface area contributed by atoms with Gasteiger partial charge in [0.05, 0.1) is 6.26 Å². The van der Waals surface area contributed by atoms with Crippen LogP contribution in [-0.2, 0) is 10.0 Å². The highest BCUT2D eigenvalue weighted by Crippen LogP contribution is 2.09. The molecular formula is C10H23N3O2S. The molecule has 1 aliphatic heterocycles. The van der Waals surface area contributed by atoms with Crippen LogP contribution >= 0.6 is 0 Å². The summed E-state index contributed by atoms with van der Waals surface area (Å²) in [7, 11) is -3.01. The first-order valence-corrected chi connectivity index (χ1v) is 7.69. The Bertz CT molecular complexity index is 293. The molecule has 1 saturated heterocycles. The lowest BCUT2D eigenvalue weighted by atomic mass is 10.1. The Morgan fingerprint density at radius 1 is 1.25 bits per heavy atom. The van der Waals surface area contributed by atoms with E-state index in [4.69, 9.17) is 5.73 Å². The van der Waals surface area contributed by atoms with Crippen molar-refractivity contribution >= 4 is 10.0 Å². The Kier molecular flexibility index (Phi) is 5.17. The second-order valence-corrected chi connectivity index (χ2v) is 6.46. The minimum Gasteiger partial charge on any atom is -0.330 e. The predicted molar refractivity (Wildman–Crippen MR) is 65.7 cm³/mol. The number of hydrogen-bond acceptors (Lipinski definition) is 4. The van der Waals surface area contributed by atoms with Crippen molar-refractivity contribution in [3.05, 3.63) is 0 Å². The fourth-order valence-electron chi connectivity index (χ4n) is 1.98. The molecule has 6 heteroatoms. The van der Waals surface area contributed by atoms with Crippen LogP contribution in [0.4, 0.5) is 0 Å². The average molecular weight is 249 g/mol.